The number of benzene rings is 2. The predicted molar refractivity (Wildman–Crippen MR) is 104 cm³/mol. The van der Waals surface area contributed by atoms with Crippen molar-refractivity contribution in [2.24, 2.45) is 5.10 Å². The molecule has 0 aliphatic heterocycles. The number of phenolic OH excluding ortho intramolecular Hbond substituents is 1. The summed E-state index contributed by atoms with van der Waals surface area (Å²) in [5, 5.41) is 13.7. The van der Waals surface area contributed by atoms with Crippen LogP contribution in [0.3, 0.4) is 0 Å². The molecular weight excluding hydrogens is 400 g/mol. The fourth-order valence-electron chi connectivity index (χ4n) is 2.13. The SMILES string of the molecule is COc1cc(/C=N/NC(=O)C(C)Oc2ccc(C)c(C)c2)cc(Br)c1O. The molecule has 2 aromatic carbocycles. The maximum atomic E-state index is 12.1. The number of halogens is 1. The molecule has 2 aromatic rings. The van der Waals surface area contributed by atoms with Gasteiger partial charge in [0, 0.05) is 0 Å². The van der Waals surface area contributed by atoms with Gasteiger partial charge in [0.05, 0.1) is 17.8 Å². The van der Waals surface area contributed by atoms with Crippen LogP contribution in [0.2, 0.25) is 0 Å². The summed E-state index contributed by atoms with van der Waals surface area (Å²) in [4.78, 5) is 12.1. The van der Waals surface area contributed by atoms with Crippen LogP contribution in [-0.2, 0) is 4.79 Å². The van der Waals surface area contributed by atoms with Gasteiger partial charge >= 0.3 is 0 Å². The number of aromatic hydroxyl groups is 1. The van der Waals surface area contributed by atoms with Crippen LogP contribution in [0.1, 0.15) is 23.6 Å². The molecule has 0 saturated heterocycles. The quantitative estimate of drug-likeness (QED) is 0.551. The Balaban J connectivity index is 1.98. The van der Waals surface area contributed by atoms with Crippen molar-refractivity contribution in [2.45, 2.75) is 26.9 Å². The molecule has 26 heavy (non-hydrogen) atoms. The maximum Gasteiger partial charge on any atom is 0.280 e. The van der Waals surface area contributed by atoms with Crippen LogP contribution in [0.25, 0.3) is 0 Å². The smallest absolute Gasteiger partial charge is 0.280 e. The molecule has 0 aliphatic rings. The Hall–Kier alpha value is -2.54. The summed E-state index contributed by atoms with van der Waals surface area (Å²) < 4.78 is 11.2. The van der Waals surface area contributed by atoms with Gasteiger partial charge in [0.2, 0.25) is 0 Å². The Labute approximate surface area is 161 Å². The molecule has 2 rings (SSSR count). The molecule has 0 bridgehead atoms. The standard InChI is InChI=1S/C19H21BrN2O4/c1-11-5-6-15(7-12(11)2)26-13(3)19(24)22-21-10-14-8-16(20)18(23)17(9-14)25-4/h5-10,13,23H,1-4H3,(H,22,24)/b21-10+. The van der Waals surface area contributed by atoms with Crippen molar-refractivity contribution in [2.75, 3.05) is 7.11 Å². The zero-order valence-electron chi connectivity index (χ0n) is 15.0. The average molecular weight is 421 g/mol. The van der Waals surface area contributed by atoms with E-state index in [0.717, 1.165) is 11.1 Å². The lowest BCUT2D eigenvalue weighted by Crippen LogP contribution is -2.33. The number of hydrogen-bond donors (Lipinski definition) is 2. The van der Waals surface area contributed by atoms with Gasteiger partial charge in [-0.2, -0.15) is 5.10 Å². The number of ether oxygens (including phenoxy) is 2. The third-order valence-electron chi connectivity index (χ3n) is 3.82. The van der Waals surface area contributed by atoms with E-state index in [-0.39, 0.29) is 11.7 Å². The molecule has 1 unspecified atom stereocenters. The van der Waals surface area contributed by atoms with E-state index in [4.69, 9.17) is 9.47 Å². The van der Waals surface area contributed by atoms with Gasteiger partial charge in [-0.3, -0.25) is 4.79 Å². The zero-order chi connectivity index (χ0) is 19.3. The first-order valence-electron chi connectivity index (χ1n) is 7.95. The highest BCUT2D eigenvalue weighted by Gasteiger charge is 2.14. The minimum absolute atomic E-state index is 0.00380. The van der Waals surface area contributed by atoms with Gasteiger partial charge in [0.15, 0.2) is 17.6 Å². The Morgan fingerprint density at radius 3 is 2.65 bits per heavy atom. The van der Waals surface area contributed by atoms with Gasteiger partial charge in [0.25, 0.3) is 5.91 Å². The molecular formula is C19H21BrN2O4. The summed E-state index contributed by atoms with van der Waals surface area (Å²) in [6, 6.07) is 8.93. The molecule has 6 nitrogen and oxygen atoms in total. The average Bonchev–Trinajstić information content (AvgIpc) is 2.60. The highest BCUT2D eigenvalue weighted by Crippen LogP contribution is 2.34. The van der Waals surface area contributed by atoms with Crippen LogP contribution in [0.4, 0.5) is 0 Å². The number of methoxy groups -OCH3 is 1. The van der Waals surface area contributed by atoms with Crippen LogP contribution in [-0.4, -0.2) is 30.4 Å². The Morgan fingerprint density at radius 2 is 2.00 bits per heavy atom. The molecule has 2 N–H and O–H groups in total. The molecule has 0 fully saturated rings. The monoisotopic (exact) mass is 420 g/mol. The van der Waals surface area contributed by atoms with Crippen molar-refractivity contribution >= 4 is 28.1 Å². The van der Waals surface area contributed by atoms with Gasteiger partial charge < -0.3 is 14.6 Å². The van der Waals surface area contributed by atoms with E-state index in [1.165, 1.54) is 13.3 Å². The fraction of sp³-hybridized carbons (Fsp3) is 0.263. The van der Waals surface area contributed by atoms with E-state index in [1.807, 2.05) is 32.0 Å². The normalized spacial score (nSPS) is 12.0. The molecule has 1 atom stereocenters. The number of amides is 1. The van der Waals surface area contributed by atoms with Gasteiger partial charge in [-0.15, -0.1) is 0 Å². The van der Waals surface area contributed by atoms with Crippen LogP contribution in [0.5, 0.6) is 17.2 Å². The van der Waals surface area contributed by atoms with Gasteiger partial charge in [-0.1, -0.05) is 6.07 Å². The van der Waals surface area contributed by atoms with Crippen LogP contribution >= 0.6 is 15.9 Å². The molecule has 138 valence electrons. The first-order valence-corrected chi connectivity index (χ1v) is 8.74. The third-order valence-corrected chi connectivity index (χ3v) is 4.42. The maximum absolute atomic E-state index is 12.1. The summed E-state index contributed by atoms with van der Waals surface area (Å²) in [6.07, 6.45) is 0.753. The lowest BCUT2D eigenvalue weighted by Gasteiger charge is -2.14. The number of rotatable bonds is 6. The first-order chi connectivity index (χ1) is 12.3. The lowest BCUT2D eigenvalue weighted by molar-refractivity contribution is -0.127. The van der Waals surface area contributed by atoms with Crippen molar-refractivity contribution in [3.63, 3.8) is 0 Å². The molecule has 0 aliphatic carbocycles. The Kier molecular flexibility index (Phi) is 6.63. The predicted octanol–water partition coefficient (Wildman–Crippen LogP) is 3.70. The summed E-state index contributed by atoms with van der Waals surface area (Å²) >= 11 is 3.23. The van der Waals surface area contributed by atoms with Crippen molar-refractivity contribution in [3.05, 3.63) is 51.5 Å². The number of carbonyl (C=O) groups is 1. The Morgan fingerprint density at radius 1 is 1.27 bits per heavy atom. The third kappa shape index (κ3) is 4.98. The van der Waals surface area contributed by atoms with E-state index in [1.54, 1.807) is 19.1 Å². The summed E-state index contributed by atoms with van der Waals surface area (Å²) in [7, 11) is 1.45. The summed E-state index contributed by atoms with van der Waals surface area (Å²) in [6.45, 7) is 5.65. The number of hydrogen-bond acceptors (Lipinski definition) is 5. The number of nitrogens with zero attached hydrogens (tertiary/aromatic N) is 1. The minimum Gasteiger partial charge on any atom is -0.503 e. The van der Waals surface area contributed by atoms with Gasteiger partial charge in [0.1, 0.15) is 5.75 Å². The molecule has 0 heterocycles. The van der Waals surface area contributed by atoms with Crippen LogP contribution in [0, 0.1) is 13.8 Å². The number of nitrogens with one attached hydrogen (secondary N) is 1. The molecule has 7 heteroatoms. The van der Waals surface area contributed by atoms with Crippen molar-refractivity contribution in [3.8, 4) is 17.2 Å². The van der Waals surface area contributed by atoms with Gasteiger partial charge in [-0.05, 0) is 77.7 Å². The van der Waals surface area contributed by atoms with E-state index < -0.39 is 6.10 Å². The summed E-state index contributed by atoms with van der Waals surface area (Å²) in [5.41, 5.74) is 5.34. The van der Waals surface area contributed by atoms with Crippen molar-refractivity contribution in [1.82, 2.24) is 5.43 Å². The number of hydrazone groups is 1. The number of carbonyl (C=O) groups excluding carboxylic acids is 1. The molecule has 0 aromatic heterocycles. The largest absolute Gasteiger partial charge is 0.503 e. The fourth-order valence-corrected chi connectivity index (χ4v) is 2.59. The van der Waals surface area contributed by atoms with Crippen molar-refractivity contribution < 1.29 is 19.4 Å². The number of phenols is 1. The molecule has 1 amide bonds. The zero-order valence-corrected chi connectivity index (χ0v) is 16.6. The van der Waals surface area contributed by atoms with E-state index in [0.29, 0.717) is 21.5 Å². The highest BCUT2D eigenvalue weighted by atomic mass is 79.9. The summed E-state index contributed by atoms with van der Waals surface area (Å²) in [5.74, 6) is 0.568. The van der Waals surface area contributed by atoms with Crippen LogP contribution < -0.4 is 14.9 Å². The minimum atomic E-state index is -0.699. The Bertz CT molecular complexity index is 837. The van der Waals surface area contributed by atoms with Gasteiger partial charge in [-0.25, -0.2) is 5.43 Å². The van der Waals surface area contributed by atoms with Crippen LogP contribution in [0.15, 0.2) is 39.9 Å². The van der Waals surface area contributed by atoms with E-state index >= 15 is 0 Å². The highest BCUT2D eigenvalue weighted by molar-refractivity contribution is 9.10. The second kappa shape index (κ2) is 8.71. The first kappa shape index (κ1) is 19.8. The topological polar surface area (TPSA) is 80.2 Å². The lowest BCUT2D eigenvalue weighted by atomic mass is 10.1. The molecule has 0 spiro atoms. The molecule has 0 saturated carbocycles. The number of aryl methyl sites for hydroxylation is 2. The second-order valence-corrected chi connectivity index (χ2v) is 6.65. The van der Waals surface area contributed by atoms with Crippen molar-refractivity contribution in [1.29, 1.82) is 0 Å². The molecule has 0 radical (unpaired) electrons. The van der Waals surface area contributed by atoms with E-state index in [2.05, 4.69) is 26.5 Å². The second-order valence-electron chi connectivity index (χ2n) is 5.79. The van der Waals surface area contributed by atoms with E-state index in [9.17, 15) is 9.90 Å².